The summed E-state index contributed by atoms with van der Waals surface area (Å²) in [6, 6.07) is 14.7. The predicted molar refractivity (Wildman–Crippen MR) is 108 cm³/mol. The van der Waals surface area contributed by atoms with Gasteiger partial charge in [-0.25, -0.2) is 4.39 Å². The first-order chi connectivity index (χ1) is 13.6. The smallest absolute Gasteiger partial charge is 0.222 e. The molecule has 28 heavy (non-hydrogen) atoms. The summed E-state index contributed by atoms with van der Waals surface area (Å²) in [5.74, 6) is 0.376. The Morgan fingerprint density at radius 3 is 2.71 bits per heavy atom. The van der Waals surface area contributed by atoms with Gasteiger partial charge in [-0.15, -0.1) is 0 Å². The topological polar surface area (TPSA) is 42.4 Å². The molecule has 1 fully saturated rings. The number of fused-ring (bicyclic) bond motifs is 1. The normalized spacial score (nSPS) is 15.0. The van der Waals surface area contributed by atoms with Gasteiger partial charge < -0.3 is 9.64 Å². The molecule has 0 radical (unpaired) electrons. The van der Waals surface area contributed by atoms with Gasteiger partial charge in [0.05, 0.1) is 5.52 Å². The van der Waals surface area contributed by atoms with Gasteiger partial charge in [0.15, 0.2) is 0 Å². The van der Waals surface area contributed by atoms with Gasteiger partial charge in [0.25, 0.3) is 0 Å². The van der Waals surface area contributed by atoms with Gasteiger partial charge in [0, 0.05) is 61.1 Å². The van der Waals surface area contributed by atoms with Gasteiger partial charge >= 0.3 is 0 Å². The fourth-order valence-corrected chi connectivity index (χ4v) is 3.66. The summed E-state index contributed by atoms with van der Waals surface area (Å²) in [5, 5.41) is 0.980. The number of benzene rings is 2. The maximum atomic E-state index is 14.7. The van der Waals surface area contributed by atoms with Crippen molar-refractivity contribution in [3.05, 3.63) is 60.5 Å². The number of halogens is 1. The van der Waals surface area contributed by atoms with Crippen molar-refractivity contribution in [2.24, 2.45) is 0 Å². The number of carbonyl (C=O) groups excluding carboxylic acids is 1. The van der Waals surface area contributed by atoms with Crippen molar-refractivity contribution in [3.63, 3.8) is 0 Å². The minimum absolute atomic E-state index is 0.00786. The van der Waals surface area contributed by atoms with Crippen molar-refractivity contribution >= 4 is 16.8 Å². The summed E-state index contributed by atoms with van der Waals surface area (Å²) in [6.07, 6.45) is 3.77. The Morgan fingerprint density at radius 1 is 1.18 bits per heavy atom. The summed E-state index contributed by atoms with van der Waals surface area (Å²) in [5.41, 5.74) is 2.14. The summed E-state index contributed by atoms with van der Waals surface area (Å²) >= 11 is 0. The molecular formula is C23H23FN2O2. The van der Waals surface area contributed by atoms with Crippen LogP contribution in [-0.4, -0.2) is 35.0 Å². The molecule has 0 spiro atoms. The average molecular weight is 378 g/mol. The lowest BCUT2D eigenvalue weighted by atomic mass is 10.0. The average Bonchev–Trinajstić information content (AvgIpc) is 2.73. The highest BCUT2D eigenvalue weighted by molar-refractivity contribution is 5.83. The van der Waals surface area contributed by atoms with E-state index < -0.39 is 0 Å². The molecule has 0 aliphatic carbocycles. The van der Waals surface area contributed by atoms with E-state index in [0.29, 0.717) is 30.8 Å². The number of ether oxygens (including phenoxy) is 1. The van der Waals surface area contributed by atoms with E-state index >= 15 is 0 Å². The molecule has 2 aromatic carbocycles. The molecule has 0 unspecified atom stereocenters. The Labute approximate surface area is 164 Å². The standard InChI is InChI=1S/C23H23FN2O2/c1-2-23(27)26-11-9-18(10-12-26)28-19-7-8-20(21(24)14-19)17-13-16-5-3-4-6-22(16)25-15-17/h3-8,13-15,18H,2,9-12H2,1H3. The molecule has 4 nitrogen and oxygen atoms in total. The van der Waals surface area contributed by atoms with E-state index in [-0.39, 0.29) is 17.8 Å². The van der Waals surface area contributed by atoms with Crippen LogP contribution in [0.25, 0.3) is 22.0 Å². The Bertz CT molecular complexity index is 997. The second-order valence-electron chi connectivity index (χ2n) is 7.11. The number of para-hydroxylation sites is 1. The van der Waals surface area contributed by atoms with Crippen LogP contribution in [0.4, 0.5) is 4.39 Å². The van der Waals surface area contributed by atoms with Gasteiger partial charge in [-0.1, -0.05) is 25.1 Å². The first-order valence-electron chi connectivity index (χ1n) is 9.73. The summed E-state index contributed by atoms with van der Waals surface area (Å²) in [6.45, 7) is 3.27. The molecule has 1 amide bonds. The molecular weight excluding hydrogens is 355 g/mol. The molecule has 1 aliphatic rings. The highest BCUT2D eigenvalue weighted by atomic mass is 19.1. The van der Waals surface area contributed by atoms with Crippen LogP contribution in [0.15, 0.2) is 54.7 Å². The number of aromatic nitrogens is 1. The van der Waals surface area contributed by atoms with Crippen molar-refractivity contribution in [2.75, 3.05) is 13.1 Å². The Morgan fingerprint density at radius 2 is 1.96 bits per heavy atom. The van der Waals surface area contributed by atoms with Gasteiger partial charge in [0.1, 0.15) is 17.7 Å². The van der Waals surface area contributed by atoms with E-state index in [1.54, 1.807) is 18.3 Å². The first kappa shape index (κ1) is 18.4. The Hall–Kier alpha value is -2.95. The van der Waals surface area contributed by atoms with E-state index in [1.807, 2.05) is 42.2 Å². The zero-order valence-electron chi connectivity index (χ0n) is 15.9. The summed E-state index contributed by atoms with van der Waals surface area (Å²) in [4.78, 5) is 18.0. The number of piperidine rings is 1. The van der Waals surface area contributed by atoms with Crippen molar-refractivity contribution in [1.82, 2.24) is 9.88 Å². The molecule has 0 bridgehead atoms. The van der Waals surface area contributed by atoms with Crippen LogP contribution in [0.3, 0.4) is 0 Å². The first-order valence-corrected chi connectivity index (χ1v) is 9.73. The molecule has 0 N–H and O–H groups in total. The molecule has 1 aliphatic heterocycles. The quantitative estimate of drug-likeness (QED) is 0.654. The summed E-state index contributed by atoms with van der Waals surface area (Å²) in [7, 11) is 0. The number of hydrogen-bond acceptors (Lipinski definition) is 3. The second kappa shape index (κ2) is 7.97. The Balaban J connectivity index is 1.46. The molecule has 0 saturated carbocycles. The third-order valence-electron chi connectivity index (χ3n) is 5.24. The van der Waals surface area contributed by atoms with Crippen LogP contribution < -0.4 is 4.74 Å². The SMILES string of the molecule is CCC(=O)N1CCC(Oc2ccc(-c3cnc4ccccc4c3)c(F)c2)CC1. The van der Waals surface area contributed by atoms with Crippen LogP contribution in [0.1, 0.15) is 26.2 Å². The second-order valence-corrected chi connectivity index (χ2v) is 7.11. The molecule has 1 saturated heterocycles. The lowest BCUT2D eigenvalue weighted by molar-refractivity contribution is -0.132. The van der Waals surface area contributed by atoms with Crippen molar-refractivity contribution in [3.8, 4) is 16.9 Å². The predicted octanol–water partition coefficient (Wildman–Crippen LogP) is 4.82. The highest BCUT2D eigenvalue weighted by Gasteiger charge is 2.23. The monoisotopic (exact) mass is 378 g/mol. The maximum Gasteiger partial charge on any atom is 0.222 e. The van der Waals surface area contributed by atoms with Crippen molar-refractivity contribution < 1.29 is 13.9 Å². The molecule has 1 aromatic heterocycles. The van der Waals surface area contributed by atoms with E-state index in [9.17, 15) is 9.18 Å². The number of carbonyl (C=O) groups is 1. The van der Waals surface area contributed by atoms with Gasteiger partial charge in [-0.2, -0.15) is 0 Å². The van der Waals surface area contributed by atoms with Crippen LogP contribution in [0.5, 0.6) is 5.75 Å². The number of rotatable bonds is 4. The largest absolute Gasteiger partial charge is 0.490 e. The highest BCUT2D eigenvalue weighted by Crippen LogP contribution is 2.29. The number of nitrogens with zero attached hydrogens (tertiary/aromatic N) is 2. The van der Waals surface area contributed by atoms with E-state index in [1.165, 1.54) is 6.07 Å². The third kappa shape index (κ3) is 3.84. The molecule has 144 valence electrons. The number of amides is 1. The molecule has 5 heteroatoms. The molecule has 4 rings (SSSR count). The lowest BCUT2D eigenvalue weighted by Gasteiger charge is -2.32. The van der Waals surface area contributed by atoms with Gasteiger partial charge in [0.2, 0.25) is 5.91 Å². The third-order valence-corrected chi connectivity index (χ3v) is 5.24. The number of pyridine rings is 1. The van der Waals surface area contributed by atoms with Crippen molar-refractivity contribution in [2.45, 2.75) is 32.3 Å². The lowest BCUT2D eigenvalue weighted by Crippen LogP contribution is -2.41. The number of hydrogen-bond donors (Lipinski definition) is 0. The van der Waals surface area contributed by atoms with E-state index in [4.69, 9.17) is 4.74 Å². The van der Waals surface area contributed by atoms with E-state index in [2.05, 4.69) is 4.98 Å². The van der Waals surface area contributed by atoms with Gasteiger partial charge in [-0.05, 0) is 24.3 Å². The molecule has 2 heterocycles. The fourth-order valence-electron chi connectivity index (χ4n) is 3.66. The van der Waals surface area contributed by atoms with Crippen molar-refractivity contribution in [1.29, 1.82) is 0 Å². The van der Waals surface area contributed by atoms with Crippen LogP contribution >= 0.6 is 0 Å². The Kier molecular flexibility index (Phi) is 5.24. The van der Waals surface area contributed by atoms with E-state index in [0.717, 1.165) is 29.3 Å². The minimum Gasteiger partial charge on any atom is -0.490 e. The summed E-state index contributed by atoms with van der Waals surface area (Å²) < 4.78 is 20.7. The van der Waals surface area contributed by atoms with Crippen LogP contribution in [0, 0.1) is 5.82 Å². The fraction of sp³-hybridized carbons (Fsp3) is 0.304. The molecule has 3 aromatic rings. The maximum absolute atomic E-state index is 14.7. The zero-order valence-corrected chi connectivity index (χ0v) is 15.9. The van der Waals surface area contributed by atoms with Crippen LogP contribution in [-0.2, 0) is 4.79 Å². The molecule has 0 atom stereocenters. The zero-order chi connectivity index (χ0) is 19.5. The minimum atomic E-state index is -0.326. The number of likely N-dealkylation sites (tertiary alicyclic amines) is 1. The van der Waals surface area contributed by atoms with Gasteiger partial charge in [-0.3, -0.25) is 9.78 Å². The van der Waals surface area contributed by atoms with Crippen LogP contribution in [0.2, 0.25) is 0 Å².